The Morgan fingerprint density at radius 2 is 2.05 bits per heavy atom. The average Bonchev–Trinajstić information content (AvgIpc) is 2.73. The number of fused-ring (bicyclic) bond motifs is 1. The average molecular weight is 286 g/mol. The highest BCUT2D eigenvalue weighted by Crippen LogP contribution is 2.41. The zero-order valence-electron chi connectivity index (χ0n) is 11.2. The van der Waals surface area contributed by atoms with Crippen LogP contribution in [0.3, 0.4) is 0 Å². The van der Waals surface area contributed by atoms with Crippen molar-refractivity contribution in [2.24, 2.45) is 0 Å². The Bertz CT molecular complexity index is 510. The van der Waals surface area contributed by atoms with Gasteiger partial charge in [0.15, 0.2) is 11.5 Å². The lowest BCUT2D eigenvalue weighted by Gasteiger charge is -2.20. The predicted octanol–water partition coefficient (Wildman–Crippen LogP) is 2.97. The fourth-order valence-corrected chi connectivity index (χ4v) is 1.73. The number of benzene rings is 1. The van der Waals surface area contributed by atoms with Gasteiger partial charge < -0.3 is 20.1 Å². The number of ether oxygens (including phenoxy) is 2. The van der Waals surface area contributed by atoms with Crippen molar-refractivity contribution < 1.29 is 23.0 Å². The number of nitrogens with one attached hydrogen (secondary N) is 2. The van der Waals surface area contributed by atoms with Crippen molar-refractivity contribution >= 4 is 11.7 Å². The summed E-state index contributed by atoms with van der Waals surface area (Å²) in [4.78, 5) is 11.4. The fraction of sp³-hybridized carbons (Fsp3) is 0.462. The number of hydrogen-bond donors (Lipinski definition) is 2. The molecule has 5 nitrogen and oxygen atoms in total. The summed E-state index contributed by atoms with van der Waals surface area (Å²) >= 11 is 0. The van der Waals surface area contributed by atoms with Crippen LogP contribution in [0.25, 0.3) is 0 Å². The van der Waals surface area contributed by atoms with Crippen LogP contribution >= 0.6 is 0 Å². The van der Waals surface area contributed by atoms with Crippen molar-refractivity contribution in [2.45, 2.75) is 32.5 Å². The number of carbonyl (C=O) groups is 1. The molecule has 2 rings (SSSR count). The zero-order valence-corrected chi connectivity index (χ0v) is 11.2. The molecule has 0 radical (unpaired) electrons. The summed E-state index contributed by atoms with van der Waals surface area (Å²) in [7, 11) is 0. The predicted molar refractivity (Wildman–Crippen MR) is 69.4 cm³/mol. The Hall–Kier alpha value is -2.05. The van der Waals surface area contributed by atoms with Gasteiger partial charge in [-0.1, -0.05) is 6.92 Å². The molecule has 1 atom stereocenters. The lowest BCUT2D eigenvalue weighted by molar-refractivity contribution is -0.0640. The van der Waals surface area contributed by atoms with E-state index in [0.29, 0.717) is 23.6 Å². The SMILES string of the molecule is CC[C@]1(C)Oc2ccc(NC(=O)NCC(F)F)cc2O1. The largest absolute Gasteiger partial charge is 0.449 e. The maximum absolute atomic E-state index is 12.0. The van der Waals surface area contributed by atoms with Crippen molar-refractivity contribution in [1.82, 2.24) is 5.32 Å². The highest BCUT2D eigenvalue weighted by Gasteiger charge is 2.34. The van der Waals surface area contributed by atoms with E-state index in [2.05, 4.69) is 10.6 Å². The van der Waals surface area contributed by atoms with Gasteiger partial charge in [0.05, 0.1) is 6.54 Å². The molecule has 1 aliphatic heterocycles. The molecule has 0 saturated carbocycles. The van der Waals surface area contributed by atoms with Crippen LogP contribution in [-0.2, 0) is 0 Å². The summed E-state index contributed by atoms with van der Waals surface area (Å²) in [5.74, 6) is 0.396. The Morgan fingerprint density at radius 3 is 2.70 bits per heavy atom. The van der Waals surface area contributed by atoms with Gasteiger partial charge in [-0.2, -0.15) is 0 Å². The Morgan fingerprint density at radius 1 is 1.35 bits per heavy atom. The number of halogens is 2. The quantitative estimate of drug-likeness (QED) is 0.894. The van der Waals surface area contributed by atoms with Gasteiger partial charge in [0, 0.05) is 25.1 Å². The summed E-state index contributed by atoms with van der Waals surface area (Å²) in [6.45, 7) is 3.06. The van der Waals surface area contributed by atoms with Crippen LogP contribution in [0, 0.1) is 0 Å². The normalized spacial score (nSPS) is 20.1. The maximum Gasteiger partial charge on any atom is 0.319 e. The first-order valence-corrected chi connectivity index (χ1v) is 6.27. The number of rotatable bonds is 4. The molecular weight excluding hydrogens is 270 g/mol. The van der Waals surface area contributed by atoms with Crippen LogP contribution in [-0.4, -0.2) is 24.8 Å². The van der Waals surface area contributed by atoms with Gasteiger partial charge >= 0.3 is 6.03 Å². The number of urea groups is 1. The van der Waals surface area contributed by atoms with Gasteiger partial charge in [0.1, 0.15) is 0 Å². The van der Waals surface area contributed by atoms with Crippen LogP contribution in [0.4, 0.5) is 19.3 Å². The van der Waals surface area contributed by atoms with E-state index in [4.69, 9.17) is 9.47 Å². The minimum atomic E-state index is -2.58. The molecule has 7 heteroatoms. The van der Waals surface area contributed by atoms with Crippen LogP contribution in [0.1, 0.15) is 20.3 Å². The van der Waals surface area contributed by atoms with Crippen molar-refractivity contribution in [1.29, 1.82) is 0 Å². The number of amides is 2. The van der Waals surface area contributed by atoms with E-state index in [-0.39, 0.29) is 0 Å². The standard InChI is InChI=1S/C13H16F2N2O3/c1-3-13(2)19-9-5-4-8(6-10(9)20-13)17-12(18)16-7-11(14)15/h4-6,11H,3,7H2,1-2H3,(H2,16,17,18)/t13-/m1/s1. The number of carbonyl (C=O) groups excluding carboxylic acids is 1. The first-order valence-electron chi connectivity index (χ1n) is 6.27. The molecule has 110 valence electrons. The van der Waals surface area contributed by atoms with Gasteiger partial charge in [-0.05, 0) is 12.1 Å². The number of alkyl halides is 2. The van der Waals surface area contributed by atoms with Gasteiger partial charge in [-0.15, -0.1) is 0 Å². The van der Waals surface area contributed by atoms with E-state index in [1.165, 1.54) is 0 Å². The third-order valence-corrected chi connectivity index (χ3v) is 2.91. The van der Waals surface area contributed by atoms with Gasteiger partial charge in [-0.3, -0.25) is 0 Å². The Labute approximate surface area is 115 Å². The van der Waals surface area contributed by atoms with Gasteiger partial charge in [0.2, 0.25) is 5.79 Å². The van der Waals surface area contributed by atoms with Gasteiger partial charge in [-0.25, -0.2) is 13.6 Å². The summed E-state index contributed by atoms with van der Waals surface area (Å²) in [5, 5.41) is 4.51. The summed E-state index contributed by atoms with van der Waals surface area (Å²) < 4.78 is 35.2. The van der Waals surface area contributed by atoms with E-state index in [1.54, 1.807) is 18.2 Å². The molecule has 0 spiro atoms. The molecule has 0 aliphatic carbocycles. The molecule has 2 N–H and O–H groups in total. The molecule has 1 aromatic rings. The fourth-order valence-electron chi connectivity index (χ4n) is 1.73. The van der Waals surface area contributed by atoms with Crippen LogP contribution in [0.5, 0.6) is 11.5 Å². The molecule has 0 aromatic heterocycles. The van der Waals surface area contributed by atoms with Crippen LogP contribution in [0.2, 0.25) is 0 Å². The van der Waals surface area contributed by atoms with E-state index in [1.807, 2.05) is 13.8 Å². The molecular formula is C13H16F2N2O3. The van der Waals surface area contributed by atoms with Crippen molar-refractivity contribution in [3.63, 3.8) is 0 Å². The first kappa shape index (κ1) is 14.4. The second-order valence-electron chi connectivity index (χ2n) is 4.58. The Kier molecular flexibility index (Phi) is 3.96. The third-order valence-electron chi connectivity index (χ3n) is 2.91. The molecule has 0 unspecified atom stereocenters. The van der Waals surface area contributed by atoms with Crippen LogP contribution in [0.15, 0.2) is 18.2 Å². The van der Waals surface area contributed by atoms with E-state index < -0.39 is 24.8 Å². The number of anilines is 1. The van der Waals surface area contributed by atoms with E-state index in [9.17, 15) is 13.6 Å². The van der Waals surface area contributed by atoms with Crippen molar-refractivity contribution in [3.05, 3.63) is 18.2 Å². The third kappa shape index (κ3) is 3.28. The minimum absolute atomic E-state index is 0.444. The van der Waals surface area contributed by atoms with E-state index in [0.717, 1.165) is 0 Å². The molecule has 20 heavy (non-hydrogen) atoms. The van der Waals surface area contributed by atoms with Crippen LogP contribution < -0.4 is 20.1 Å². The Balaban J connectivity index is 2.00. The lowest BCUT2D eigenvalue weighted by Crippen LogP contribution is -2.33. The molecule has 1 heterocycles. The summed E-state index contributed by atoms with van der Waals surface area (Å²) in [6, 6.07) is 4.19. The molecule has 2 amide bonds. The lowest BCUT2D eigenvalue weighted by atomic mass is 10.2. The van der Waals surface area contributed by atoms with E-state index >= 15 is 0 Å². The first-order chi connectivity index (χ1) is 9.42. The molecule has 0 saturated heterocycles. The highest BCUT2D eigenvalue weighted by molar-refractivity contribution is 5.89. The minimum Gasteiger partial charge on any atom is -0.449 e. The second kappa shape index (κ2) is 5.52. The summed E-state index contributed by atoms with van der Waals surface area (Å²) in [5.41, 5.74) is 0.444. The van der Waals surface area contributed by atoms with Crippen molar-refractivity contribution in [2.75, 3.05) is 11.9 Å². The smallest absolute Gasteiger partial charge is 0.319 e. The topological polar surface area (TPSA) is 59.6 Å². The molecule has 0 fully saturated rings. The monoisotopic (exact) mass is 286 g/mol. The number of hydrogen-bond acceptors (Lipinski definition) is 3. The molecule has 0 bridgehead atoms. The molecule has 1 aliphatic rings. The highest BCUT2D eigenvalue weighted by atomic mass is 19.3. The summed E-state index contributed by atoms with van der Waals surface area (Å²) in [6.07, 6.45) is -1.91. The maximum atomic E-state index is 12.0. The van der Waals surface area contributed by atoms with Crippen molar-refractivity contribution in [3.8, 4) is 11.5 Å². The second-order valence-corrected chi connectivity index (χ2v) is 4.58. The zero-order chi connectivity index (χ0) is 14.8. The van der Waals surface area contributed by atoms with Gasteiger partial charge in [0.25, 0.3) is 6.43 Å². The molecule has 1 aromatic carbocycles.